The third-order valence-electron chi connectivity index (χ3n) is 1.83. The van der Waals surface area contributed by atoms with Crippen molar-refractivity contribution in [2.24, 2.45) is 0 Å². The summed E-state index contributed by atoms with van der Waals surface area (Å²) in [6.45, 7) is 5.10. The Morgan fingerprint density at radius 3 is 2.75 bits per heavy atom. The Balaban J connectivity index is 2.45. The molecule has 1 heterocycles. The average molecular weight is 187 g/mol. The molecule has 0 saturated carbocycles. The second kappa shape index (κ2) is 4.51. The fourth-order valence-corrected chi connectivity index (χ4v) is 1.46. The van der Waals surface area contributed by atoms with Crippen LogP contribution in [0.3, 0.4) is 0 Å². The Morgan fingerprint density at radius 2 is 2.25 bits per heavy atom. The van der Waals surface area contributed by atoms with E-state index in [9.17, 15) is 0 Å². The third-order valence-corrected chi connectivity index (χ3v) is 2.13. The Morgan fingerprint density at radius 1 is 1.50 bits per heavy atom. The molecule has 1 aromatic heterocycles. The lowest BCUT2D eigenvalue weighted by molar-refractivity contribution is 0.551. The SMILES string of the molecule is CCCCCn1nc(C)cc1Cl. The number of aryl methyl sites for hydroxylation is 2. The second-order valence-electron chi connectivity index (χ2n) is 3.04. The van der Waals surface area contributed by atoms with Crippen molar-refractivity contribution in [2.75, 3.05) is 0 Å². The molecule has 12 heavy (non-hydrogen) atoms. The van der Waals surface area contributed by atoms with Crippen molar-refractivity contribution in [3.8, 4) is 0 Å². The topological polar surface area (TPSA) is 17.8 Å². The lowest BCUT2D eigenvalue weighted by atomic mass is 10.2. The van der Waals surface area contributed by atoms with E-state index in [4.69, 9.17) is 11.6 Å². The van der Waals surface area contributed by atoms with Crippen LogP contribution in [0.25, 0.3) is 0 Å². The maximum Gasteiger partial charge on any atom is 0.127 e. The highest BCUT2D eigenvalue weighted by atomic mass is 35.5. The van der Waals surface area contributed by atoms with E-state index in [1.54, 1.807) is 0 Å². The monoisotopic (exact) mass is 186 g/mol. The van der Waals surface area contributed by atoms with Gasteiger partial charge in [0.05, 0.1) is 5.69 Å². The molecule has 0 spiro atoms. The molecular weight excluding hydrogens is 172 g/mol. The van der Waals surface area contributed by atoms with Crippen LogP contribution in [0.5, 0.6) is 0 Å². The van der Waals surface area contributed by atoms with Crippen LogP contribution in [0.15, 0.2) is 6.07 Å². The highest BCUT2D eigenvalue weighted by Crippen LogP contribution is 2.11. The van der Waals surface area contributed by atoms with Gasteiger partial charge < -0.3 is 0 Å². The largest absolute Gasteiger partial charge is 0.254 e. The van der Waals surface area contributed by atoms with Gasteiger partial charge in [0, 0.05) is 6.54 Å². The van der Waals surface area contributed by atoms with Crippen LogP contribution in [-0.4, -0.2) is 9.78 Å². The van der Waals surface area contributed by atoms with E-state index in [-0.39, 0.29) is 0 Å². The number of nitrogens with zero attached hydrogens (tertiary/aromatic N) is 2. The van der Waals surface area contributed by atoms with Crippen molar-refractivity contribution in [1.29, 1.82) is 0 Å². The predicted molar refractivity (Wildman–Crippen MR) is 51.5 cm³/mol. The maximum atomic E-state index is 5.92. The van der Waals surface area contributed by atoms with Gasteiger partial charge in [0.2, 0.25) is 0 Å². The zero-order valence-corrected chi connectivity index (χ0v) is 8.43. The molecule has 0 aliphatic rings. The molecule has 68 valence electrons. The molecule has 1 aromatic rings. The minimum absolute atomic E-state index is 0.753. The van der Waals surface area contributed by atoms with Crippen LogP contribution in [-0.2, 0) is 6.54 Å². The van der Waals surface area contributed by atoms with E-state index < -0.39 is 0 Å². The Labute approximate surface area is 78.5 Å². The van der Waals surface area contributed by atoms with Crippen molar-refractivity contribution >= 4 is 11.6 Å². The fraction of sp³-hybridized carbons (Fsp3) is 0.667. The van der Waals surface area contributed by atoms with Crippen LogP contribution < -0.4 is 0 Å². The summed E-state index contributed by atoms with van der Waals surface area (Å²) in [6.07, 6.45) is 3.64. The molecule has 0 radical (unpaired) electrons. The molecule has 0 aromatic carbocycles. The van der Waals surface area contributed by atoms with E-state index in [0.717, 1.165) is 23.8 Å². The molecule has 0 saturated heterocycles. The van der Waals surface area contributed by atoms with Gasteiger partial charge in [0.25, 0.3) is 0 Å². The van der Waals surface area contributed by atoms with Gasteiger partial charge in [-0.15, -0.1) is 0 Å². The maximum absolute atomic E-state index is 5.92. The Bertz CT molecular complexity index is 243. The number of hydrogen-bond donors (Lipinski definition) is 0. The molecule has 0 unspecified atom stereocenters. The van der Waals surface area contributed by atoms with Crippen LogP contribution >= 0.6 is 11.6 Å². The summed E-state index contributed by atoms with van der Waals surface area (Å²) in [5, 5.41) is 5.02. The van der Waals surface area contributed by atoms with Crippen LogP contribution in [0.4, 0.5) is 0 Å². The number of unbranched alkanes of at least 4 members (excludes halogenated alkanes) is 2. The van der Waals surface area contributed by atoms with E-state index in [2.05, 4.69) is 12.0 Å². The minimum Gasteiger partial charge on any atom is -0.254 e. The van der Waals surface area contributed by atoms with Crippen molar-refractivity contribution < 1.29 is 0 Å². The van der Waals surface area contributed by atoms with E-state index in [1.807, 2.05) is 17.7 Å². The first-order valence-electron chi connectivity index (χ1n) is 4.44. The van der Waals surface area contributed by atoms with Crippen LogP contribution in [0, 0.1) is 6.92 Å². The quantitative estimate of drug-likeness (QED) is 0.661. The van der Waals surface area contributed by atoms with Crippen molar-refractivity contribution in [3.63, 3.8) is 0 Å². The van der Waals surface area contributed by atoms with E-state index >= 15 is 0 Å². The van der Waals surface area contributed by atoms with Gasteiger partial charge in [-0.05, 0) is 19.4 Å². The fourth-order valence-electron chi connectivity index (χ4n) is 1.18. The van der Waals surface area contributed by atoms with Crippen molar-refractivity contribution in [1.82, 2.24) is 9.78 Å². The van der Waals surface area contributed by atoms with E-state index in [1.165, 1.54) is 12.8 Å². The summed E-state index contributed by atoms with van der Waals surface area (Å²) in [5.41, 5.74) is 0.997. The molecule has 0 bridgehead atoms. The van der Waals surface area contributed by atoms with Crippen LogP contribution in [0.1, 0.15) is 31.9 Å². The van der Waals surface area contributed by atoms with E-state index in [0.29, 0.717) is 0 Å². The van der Waals surface area contributed by atoms with Gasteiger partial charge in [0.1, 0.15) is 5.15 Å². The number of rotatable bonds is 4. The van der Waals surface area contributed by atoms with Gasteiger partial charge in [-0.1, -0.05) is 31.4 Å². The molecule has 1 rings (SSSR count). The highest BCUT2D eigenvalue weighted by molar-refractivity contribution is 6.29. The average Bonchev–Trinajstić information content (AvgIpc) is 2.31. The first-order valence-corrected chi connectivity index (χ1v) is 4.81. The Hall–Kier alpha value is -0.500. The van der Waals surface area contributed by atoms with Gasteiger partial charge in [0.15, 0.2) is 0 Å². The molecule has 0 atom stereocenters. The summed E-state index contributed by atoms with van der Waals surface area (Å²) in [4.78, 5) is 0. The summed E-state index contributed by atoms with van der Waals surface area (Å²) >= 11 is 5.92. The second-order valence-corrected chi connectivity index (χ2v) is 3.43. The Kier molecular flexibility index (Phi) is 3.60. The molecular formula is C9H15ClN2. The zero-order valence-electron chi connectivity index (χ0n) is 7.68. The van der Waals surface area contributed by atoms with Crippen molar-refractivity contribution in [3.05, 3.63) is 16.9 Å². The summed E-state index contributed by atoms with van der Waals surface area (Å²) in [5.74, 6) is 0. The van der Waals surface area contributed by atoms with Crippen molar-refractivity contribution in [2.45, 2.75) is 39.7 Å². The van der Waals surface area contributed by atoms with Gasteiger partial charge in [-0.2, -0.15) is 5.10 Å². The normalized spacial score (nSPS) is 10.6. The summed E-state index contributed by atoms with van der Waals surface area (Å²) in [6, 6.07) is 1.90. The molecule has 0 aliphatic heterocycles. The number of halogens is 1. The molecule has 0 N–H and O–H groups in total. The third kappa shape index (κ3) is 2.52. The lowest BCUT2D eigenvalue weighted by Gasteiger charge is -2.00. The highest BCUT2D eigenvalue weighted by Gasteiger charge is 2.00. The standard InChI is InChI=1S/C9H15ClN2/c1-3-4-5-6-12-9(10)7-8(2)11-12/h7H,3-6H2,1-2H3. The first-order chi connectivity index (χ1) is 5.74. The van der Waals surface area contributed by atoms with Gasteiger partial charge in [-0.3, -0.25) is 4.68 Å². The van der Waals surface area contributed by atoms with Crippen LogP contribution in [0.2, 0.25) is 5.15 Å². The smallest absolute Gasteiger partial charge is 0.127 e. The molecule has 0 amide bonds. The molecule has 3 heteroatoms. The van der Waals surface area contributed by atoms with Gasteiger partial charge >= 0.3 is 0 Å². The minimum atomic E-state index is 0.753. The summed E-state index contributed by atoms with van der Waals surface area (Å²) in [7, 11) is 0. The first kappa shape index (κ1) is 9.59. The number of aromatic nitrogens is 2. The molecule has 0 aliphatic carbocycles. The zero-order chi connectivity index (χ0) is 8.97. The predicted octanol–water partition coefficient (Wildman–Crippen LogP) is 3.04. The summed E-state index contributed by atoms with van der Waals surface area (Å²) < 4.78 is 1.87. The molecule has 0 fully saturated rings. The lowest BCUT2D eigenvalue weighted by Crippen LogP contribution is -2.00. The number of hydrogen-bond acceptors (Lipinski definition) is 1. The van der Waals surface area contributed by atoms with Gasteiger partial charge in [-0.25, -0.2) is 0 Å². The molecule has 2 nitrogen and oxygen atoms in total.